The van der Waals surface area contributed by atoms with E-state index < -0.39 is 0 Å². The van der Waals surface area contributed by atoms with Gasteiger partial charge >= 0.3 is 0 Å². The minimum Gasteiger partial charge on any atom is -0.0590 e. The van der Waals surface area contributed by atoms with Crippen molar-refractivity contribution in [2.45, 2.75) is 54.4 Å². The van der Waals surface area contributed by atoms with Crippen LogP contribution in [0.4, 0.5) is 0 Å². The van der Waals surface area contributed by atoms with Crippen LogP contribution in [0.25, 0.3) is 0 Å². The van der Waals surface area contributed by atoms with Crippen molar-refractivity contribution in [3.05, 3.63) is 104 Å². The second kappa shape index (κ2) is 7.50. The molecule has 0 saturated heterocycles. The van der Waals surface area contributed by atoms with E-state index in [9.17, 15) is 0 Å². The highest BCUT2D eigenvalue weighted by atomic mass is 14.2. The summed E-state index contributed by atoms with van der Waals surface area (Å²) >= 11 is 0. The summed E-state index contributed by atoms with van der Waals surface area (Å²) in [5, 5.41) is 0. The summed E-state index contributed by atoms with van der Waals surface area (Å²) < 4.78 is 0. The van der Waals surface area contributed by atoms with Crippen LogP contribution in [-0.2, 0) is 12.8 Å². The Morgan fingerprint density at radius 2 is 1.00 bits per heavy atom. The van der Waals surface area contributed by atoms with Crippen LogP contribution in [-0.4, -0.2) is 0 Å². The molecule has 0 aliphatic carbocycles. The Balaban J connectivity index is 1.95. The largest absolute Gasteiger partial charge is 0.0590 e. The topological polar surface area (TPSA) is 0 Å². The molecule has 0 amide bonds. The van der Waals surface area contributed by atoms with Crippen LogP contribution in [0.15, 0.2) is 48.5 Å². The molecule has 0 heterocycles. The van der Waals surface area contributed by atoms with Crippen molar-refractivity contribution < 1.29 is 0 Å². The Morgan fingerprint density at radius 1 is 0.500 bits per heavy atom. The van der Waals surface area contributed by atoms with Gasteiger partial charge in [0.05, 0.1) is 0 Å². The minimum atomic E-state index is 1.01. The van der Waals surface area contributed by atoms with Gasteiger partial charge in [0.2, 0.25) is 0 Å². The molecule has 3 aromatic rings. The highest BCUT2D eigenvalue weighted by Gasteiger charge is 2.11. The third-order valence-electron chi connectivity index (χ3n) is 5.69. The van der Waals surface area contributed by atoms with Crippen LogP contribution in [0.3, 0.4) is 0 Å². The first-order chi connectivity index (χ1) is 12.3. The van der Waals surface area contributed by atoms with Crippen molar-refractivity contribution in [1.29, 1.82) is 0 Å². The van der Waals surface area contributed by atoms with Crippen molar-refractivity contribution >= 4 is 0 Å². The number of hydrogen-bond donors (Lipinski definition) is 0. The highest BCUT2D eigenvalue weighted by molar-refractivity contribution is 5.46. The molecule has 0 radical (unpaired) electrons. The summed E-state index contributed by atoms with van der Waals surface area (Å²) in [6, 6.07) is 18.2. The fourth-order valence-electron chi connectivity index (χ4n) is 3.89. The quantitative estimate of drug-likeness (QED) is 0.494. The van der Waals surface area contributed by atoms with Gasteiger partial charge in [-0.05, 0) is 98.9 Å². The molecule has 0 N–H and O–H groups in total. The van der Waals surface area contributed by atoms with Crippen molar-refractivity contribution in [1.82, 2.24) is 0 Å². The molecule has 0 atom stereocenters. The van der Waals surface area contributed by atoms with E-state index in [-0.39, 0.29) is 0 Å². The first kappa shape index (κ1) is 18.5. The van der Waals surface area contributed by atoms with Gasteiger partial charge in [-0.3, -0.25) is 0 Å². The van der Waals surface area contributed by atoms with Crippen molar-refractivity contribution in [3.8, 4) is 0 Å². The zero-order valence-electron chi connectivity index (χ0n) is 17.0. The van der Waals surface area contributed by atoms with Gasteiger partial charge in [-0.2, -0.15) is 0 Å². The maximum absolute atomic E-state index is 2.31. The first-order valence-corrected chi connectivity index (χ1v) is 9.55. The van der Waals surface area contributed by atoms with Crippen molar-refractivity contribution in [3.63, 3.8) is 0 Å². The molecule has 0 spiro atoms. The lowest BCUT2D eigenvalue weighted by Gasteiger charge is -2.17. The molecule has 0 aliphatic rings. The fourth-order valence-corrected chi connectivity index (χ4v) is 3.89. The van der Waals surface area contributed by atoms with Gasteiger partial charge in [0.15, 0.2) is 0 Å². The third-order valence-corrected chi connectivity index (χ3v) is 5.69. The zero-order chi connectivity index (χ0) is 18.8. The predicted molar refractivity (Wildman–Crippen MR) is 113 cm³/mol. The molecular formula is C26H30. The van der Waals surface area contributed by atoms with Gasteiger partial charge in [0.25, 0.3) is 0 Å². The van der Waals surface area contributed by atoms with Crippen LogP contribution >= 0.6 is 0 Å². The Hall–Kier alpha value is -2.34. The lowest BCUT2D eigenvalue weighted by atomic mass is 9.88. The average molecular weight is 343 g/mol. The molecule has 0 nitrogen and oxygen atoms in total. The molecule has 0 unspecified atom stereocenters. The smallest absolute Gasteiger partial charge is 0.00178 e. The predicted octanol–water partition coefficient (Wildman–Crippen LogP) is 6.72. The molecule has 0 fully saturated rings. The van der Waals surface area contributed by atoms with E-state index in [1.807, 2.05) is 0 Å². The molecule has 3 aromatic carbocycles. The van der Waals surface area contributed by atoms with Crippen LogP contribution in [0.2, 0.25) is 0 Å². The lowest BCUT2D eigenvalue weighted by molar-refractivity contribution is 1.05. The SMILES string of the molecule is Cc1ccc(Cc2ccc(C)c(Cc3ccc(C)cc3C)c2C)c(C)c1. The normalized spacial score (nSPS) is 11.0. The Kier molecular flexibility index (Phi) is 5.32. The van der Waals surface area contributed by atoms with Gasteiger partial charge < -0.3 is 0 Å². The number of rotatable bonds is 4. The Morgan fingerprint density at radius 3 is 1.54 bits per heavy atom. The first-order valence-electron chi connectivity index (χ1n) is 9.55. The van der Waals surface area contributed by atoms with Gasteiger partial charge in [-0.25, -0.2) is 0 Å². The summed E-state index contributed by atoms with van der Waals surface area (Å²) in [6.45, 7) is 13.3. The minimum absolute atomic E-state index is 1.01. The standard InChI is InChI=1S/C26H30/c1-17-7-10-23(20(4)13-17)15-25-12-9-19(3)26(22(25)6)16-24-11-8-18(2)14-21(24)5/h7-14H,15-16H2,1-6H3. The van der Waals surface area contributed by atoms with Crippen LogP contribution in [0.1, 0.15) is 55.6 Å². The van der Waals surface area contributed by atoms with E-state index in [0.29, 0.717) is 0 Å². The summed E-state index contributed by atoms with van der Waals surface area (Å²) in [7, 11) is 0. The Labute approximate surface area is 158 Å². The van der Waals surface area contributed by atoms with Gasteiger partial charge in [-0.15, -0.1) is 0 Å². The summed E-state index contributed by atoms with van der Waals surface area (Å²) in [5.74, 6) is 0. The maximum Gasteiger partial charge on any atom is -0.00178 e. The van der Waals surface area contributed by atoms with Gasteiger partial charge in [0.1, 0.15) is 0 Å². The molecule has 3 rings (SSSR count). The van der Waals surface area contributed by atoms with Gasteiger partial charge in [-0.1, -0.05) is 59.7 Å². The monoisotopic (exact) mass is 342 g/mol. The fraction of sp³-hybridized carbons (Fsp3) is 0.308. The highest BCUT2D eigenvalue weighted by Crippen LogP contribution is 2.26. The third kappa shape index (κ3) is 3.90. The summed E-state index contributed by atoms with van der Waals surface area (Å²) in [5.41, 5.74) is 14.1. The molecule has 134 valence electrons. The molecule has 0 saturated carbocycles. The summed E-state index contributed by atoms with van der Waals surface area (Å²) in [6.07, 6.45) is 2.03. The Bertz CT molecular complexity index is 944. The summed E-state index contributed by atoms with van der Waals surface area (Å²) in [4.78, 5) is 0. The average Bonchev–Trinajstić information content (AvgIpc) is 2.58. The van der Waals surface area contributed by atoms with E-state index in [1.54, 1.807) is 0 Å². The van der Waals surface area contributed by atoms with E-state index in [2.05, 4.69) is 90.1 Å². The second-order valence-corrected chi connectivity index (χ2v) is 7.86. The number of aryl methyl sites for hydroxylation is 5. The molecule has 26 heavy (non-hydrogen) atoms. The van der Waals surface area contributed by atoms with Crippen molar-refractivity contribution in [2.75, 3.05) is 0 Å². The van der Waals surface area contributed by atoms with E-state index in [1.165, 1.54) is 55.6 Å². The molecule has 0 aromatic heterocycles. The van der Waals surface area contributed by atoms with Crippen molar-refractivity contribution in [2.24, 2.45) is 0 Å². The molecular weight excluding hydrogens is 312 g/mol. The molecule has 0 aliphatic heterocycles. The molecule has 0 bridgehead atoms. The van der Waals surface area contributed by atoms with E-state index >= 15 is 0 Å². The number of benzene rings is 3. The lowest BCUT2D eigenvalue weighted by Crippen LogP contribution is -2.03. The van der Waals surface area contributed by atoms with Gasteiger partial charge in [0, 0.05) is 0 Å². The maximum atomic E-state index is 2.31. The van der Waals surface area contributed by atoms with Crippen LogP contribution in [0.5, 0.6) is 0 Å². The number of hydrogen-bond acceptors (Lipinski definition) is 0. The zero-order valence-corrected chi connectivity index (χ0v) is 17.0. The van der Waals surface area contributed by atoms with Crippen LogP contribution in [0, 0.1) is 41.5 Å². The van der Waals surface area contributed by atoms with Crippen LogP contribution < -0.4 is 0 Å². The van der Waals surface area contributed by atoms with E-state index in [0.717, 1.165) is 12.8 Å². The molecule has 0 heteroatoms. The van der Waals surface area contributed by atoms with E-state index in [4.69, 9.17) is 0 Å². The second-order valence-electron chi connectivity index (χ2n) is 7.86.